The zero-order chi connectivity index (χ0) is 20.0. The standard InChI is InChI=1S/C23H22N6/c1-13-14(2)27-21-6-4-18(11-19(13)21)28-22-17(12-26-23(24)29-22)10-15-3-5-20-16(9-15)7-8-25-20/h3-9,11-12,25,27H,10H2,1-2H3,(H3,24,26,28,29). The minimum absolute atomic E-state index is 0.257. The van der Waals surface area contributed by atoms with E-state index in [0.29, 0.717) is 6.42 Å². The number of nitrogens with one attached hydrogen (secondary N) is 3. The molecule has 144 valence electrons. The zero-order valence-electron chi connectivity index (χ0n) is 16.4. The van der Waals surface area contributed by atoms with E-state index in [9.17, 15) is 0 Å². The fraction of sp³-hybridized carbons (Fsp3) is 0.130. The molecule has 0 fully saturated rings. The molecule has 6 nitrogen and oxygen atoms in total. The van der Waals surface area contributed by atoms with Crippen molar-refractivity contribution in [3.8, 4) is 0 Å². The van der Waals surface area contributed by atoms with Gasteiger partial charge in [-0.2, -0.15) is 4.98 Å². The molecule has 3 heterocycles. The third-order valence-corrected chi connectivity index (χ3v) is 5.47. The van der Waals surface area contributed by atoms with E-state index in [1.54, 1.807) is 6.20 Å². The first-order valence-electron chi connectivity index (χ1n) is 9.60. The van der Waals surface area contributed by atoms with Crippen molar-refractivity contribution >= 4 is 39.3 Å². The molecule has 3 aromatic heterocycles. The Kier molecular flexibility index (Phi) is 3.98. The van der Waals surface area contributed by atoms with E-state index in [1.165, 1.54) is 27.6 Å². The van der Waals surface area contributed by atoms with E-state index in [-0.39, 0.29) is 5.95 Å². The minimum Gasteiger partial charge on any atom is -0.368 e. The Hall–Kier alpha value is -3.80. The average molecular weight is 382 g/mol. The van der Waals surface area contributed by atoms with E-state index < -0.39 is 0 Å². The van der Waals surface area contributed by atoms with Gasteiger partial charge in [-0.3, -0.25) is 0 Å². The lowest BCUT2D eigenvalue weighted by atomic mass is 10.0. The van der Waals surface area contributed by atoms with Crippen LogP contribution in [0, 0.1) is 13.8 Å². The molecule has 5 aromatic rings. The Bertz CT molecular complexity index is 1340. The molecular weight excluding hydrogens is 360 g/mol. The smallest absolute Gasteiger partial charge is 0.221 e. The molecule has 0 aliphatic heterocycles. The molecule has 0 radical (unpaired) electrons. The van der Waals surface area contributed by atoms with Crippen LogP contribution in [0.15, 0.2) is 54.9 Å². The molecule has 0 spiro atoms. The van der Waals surface area contributed by atoms with Gasteiger partial charge in [-0.05, 0) is 66.8 Å². The number of aromatic nitrogens is 4. The number of aromatic amines is 2. The van der Waals surface area contributed by atoms with Crippen LogP contribution in [0.5, 0.6) is 0 Å². The number of nitrogens with zero attached hydrogens (tertiary/aromatic N) is 2. The van der Waals surface area contributed by atoms with Crippen LogP contribution in [-0.2, 0) is 6.42 Å². The quantitative estimate of drug-likeness (QED) is 0.353. The summed E-state index contributed by atoms with van der Waals surface area (Å²) in [6, 6.07) is 14.8. The molecule has 29 heavy (non-hydrogen) atoms. The van der Waals surface area contributed by atoms with E-state index in [4.69, 9.17) is 5.73 Å². The van der Waals surface area contributed by atoms with Gasteiger partial charge in [0, 0.05) is 52.2 Å². The maximum absolute atomic E-state index is 5.88. The fourth-order valence-corrected chi connectivity index (χ4v) is 3.77. The van der Waals surface area contributed by atoms with Gasteiger partial charge in [0.05, 0.1) is 0 Å². The molecule has 0 aliphatic rings. The van der Waals surface area contributed by atoms with Crippen molar-refractivity contribution in [1.29, 1.82) is 0 Å². The van der Waals surface area contributed by atoms with Crippen LogP contribution in [0.25, 0.3) is 21.8 Å². The number of nitrogens with two attached hydrogens (primary N) is 1. The first-order chi connectivity index (χ1) is 14.1. The molecule has 0 aliphatic carbocycles. The summed E-state index contributed by atoms with van der Waals surface area (Å²) < 4.78 is 0. The maximum atomic E-state index is 5.88. The lowest BCUT2D eigenvalue weighted by Gasteiger charge is -2.12. The lowest BCUT2D eigenvalue weighted by Crippen LogP contribution is -2.04. The SMILES string of the molecule is Cc1[nH]c2ccc(Nc3nc(N)ncc3Cc3ccc4[nH]ccc4c3)cc2c1C. The number of aryl methyl sites for hydroxylation is 2. The van der Waals surface area contributed by atoms with Gasteiger partial charge in [-0.25, -0.2) is 4.98 Å². The van der Waals surface area contributed by atoms with Crippen LogP contribution in [0.3, 0.4) is 0 Å². The third-order valence-electron chi connectivity index (χ3n) is 5.47. The van der Waals surface area contributed by atoms with Crippen LogP contribution in [0.1, 0.15) is 22.4 Å². The summed E-state index contributed by atoms with van der Waals surface area (Å²) in [6.45, 7) is 4.22. The van der Waals surface area contributed by atoms with Crippen molar-refractivity contribution in [2.45, 2.75) is 20.3 Å². The van der Waals surface area contributed by atoms with Crippen molar-refractivity contribution in [1.82, 2.24) is 19.9 Å². The van der Waals surface area contributed by atoms with Gasteiger partial charge < -0.3 is 21.0 Å². The zero-order valence-corrected chi connectivity index (χ0v) is 16.4. The van der Waals surface area contributed by atoms with Crippen LogP contribution >= 0.6 is 0 Å². The van der Waals surface area contributed by atoms with Crippen molar-refractivity contribution in [3.63, 3.8) is 0 Å². The normalized spacial score (nSPS) is 11.4. The average Bonchev–Trinajstić information content (AvgIpc) is 3.28. The molecule has 5 N–H and O–H groups in total. The summed E-state index contributed by atoms with van der Waals surface area (Å²) in [5.74, 6) is 0.989. The van der Waals surface area contributed by atoms with Crippen LogP contribution in [0.4, 0.5) is 17.5 Å². The third kappa shape index (κ3) is 3.18. The molecule has 0 saturated heterocycles. The minimum atomic E-state index is 0.257. The molecule has 0 atom stereocenters. The second kappa shape index (κ2) is 6.67. The topological polar surface area (TPSA) is 95.4 Å². The largest absolute Gasteiger partial charge is 0.368 e. The molecule has 0 saturated carbocycles. The van der Waals surface area contributed by atoms with Crippen molar-refractivity contribution in [2.75, 3.05) is 11.1 Å². The van der Waals surface area contributed by atoms with E-state index >= 15 is 0 Å². The number of H-pyrrole nitrogens is 2. The molecular formula is C23H22N6. The van der Waals surface area contributed by atoms with Crippen LogP contribution in [-0.4, -0.2) is 19.9 Å². The first kappa shape index (κ1) is 17.3. The molecule has 0 unspecified atom stereocenters. The Morgan fingerprint density at radius 2 is 1.90 bits per heavy atom. The number of hydrogen-bond donors (Lipinski definition) is 4. The van der Waals surface area contributed by atoms with Crippen molar-refractivity contribution in [2.24, 2.45) is 0 Å². The monoisotopic (exact) mass is 382 g/mol. The number of rotatable bonds is 4. The summed E-state index contributed by atoms with van der Waals surface area (Å²) in [4.78, 5) is 15.3. The number of nitrogen functional groups attached to an aromatic ring is 1. The highest BCUT2D eigenvalue weighted by Gasteiger charge is 2.10. The van der Waals surface area contributed by atoms with Crippen molar-refractivity contribution < 1.29 is 0 Å². The van der Waals surface area contributed by atoms with E-state index in [1.807, 2.05) is 12.3 Å². The predicted molar refractivity (Wildman–Crippen MR) is 119 cm³/mol. The van der Waals surface area contributed by atoms with Crippen molar-refractivity contribution in [3.05, 3.63) is 77.2 Å². The highest BCUT2D eigenvalue weighted by atomic mass is 15.1. The predicted octanol–water partition coefficient (Wildman–Crippen LogP) is 4.97. The summed E-state index contributed by atoms with van der Waals surface area (Å²) >= 11 is 0. The van der Waals surface area contributed by atoms with Gasteiger partial charge in [0.15, 0.2) is 0 Å². The Morgan fingerprint density at radius 1 is 1.03 bits per heavy atom. The molecule has 2 aromatic carbocycles. The summed E-state index contributed by atoms with van der Waals surface area (Å²) in [6.07, 6.45) is 4.47. The number of hydrogen-bond acceptors (Lipinski definition) is 4. The molecule has 5 rings (SSSR count). The fourth-order valence-electron chi connectivity index (χ4n) is 3.77. The van der Waals surface area contributed by atoms with Gasteiger partial charge in [-0.1, -0.05) is 6.07 Å². The Balaban J connectivity index is 1.49. The Labute approximate surface area is 168 Å². The highest BCUT2D eigenvalue weighted by Crippen LogP contribution is 2.28. The first-order valence-corrected chi connectivity index (χ1v) is 9.60. The second-order valence-electron chi connectivity index (χ2n) is 7.44. The Morgan fingerprint density at radius 3 is 2.79 bits per heavy atom. The molecule has 0 bridgehead atoms. The number of fused-ring (bicyclic) bond motifs is 2. The van der Waals surface area contributed by atoms with Gasteiger partial charge in [-0.15, -0.1) is 0 Å². The molecule has 0 amide bonds. The summed E-state index contributed by atoms with van der Waals surface area (Å²) in [7, 11) is 0. The van der Waals surface area contributed by atoms with Gasteiger partial charge in [0.25, 0.3) is 0 Å². The summed E-state index contributed by atoms with van der Waals surface area (Å²) in [5.41, 5.74) is 13.7. The number of benzene rings is 2. The van der Waals surface area contributed by atoms with Gasteiger partial charge >= 0.3 is 0 Å². The summed E-state index contributed by atoms with van der Waals surface area (Å²) in [5, 5.41) is 5.84. The van der Waals surface area contributed by atoms with Crippen LogP contribution in [0.2, 0.25) is 0 Å². The number of anilines is 3. The van der Waals surface area contributed by atoms with E-state index in [2.05, 4.69) is 75.5 Å². The molecule has 6 heteroatoms. The maximum Gasteiger partial charge on any atom is 0.221 e. The van der Waals surface area contributed by atoms with Gasteiger partial charge in [0.2, 0.25) is 5.95 Å². The highest BCUT2D eigenvalue weighted by molar-refractivity contribution is 5.88. The van der Waals surface area contributed by atoms with Crippen LogP contribution < -0.4 is 11.1 Å². The lowest BCUT2D eigenvalue weighted by molar-refractivity contribution is 1.09. The van der Waals surface area contributed by atoms with E-state index in [0.717, 1.165) is 28.1 Å². The van der Waals surface area contributed by atoms with Gasteiger partial charge in [0.1, 0.15) is 5.82 Å². The second-order valence-corrected chi connectivity index (χ2v) is 7.44.